The number of benzene rings is 2. The molecule has 2 aromatic carbocycles. The molecule has 0 spiro atoms. The first-order valence-electron chi connectivity index (χ1n) is 5.75. The lowest BCUT2D eigenvalue weighted by atomic mass is 10.3. The average molecular weight is 311 g/mol. The summed E-state index contributed by atoms with van der Waals surface area (Å²) in [5, 5.41) is 6.25. The maximum absolute atomic E-state index is 11.8. The lowest BCUT2D eigenvalue weighted by Gasteiger charge is -2.09. The molecule has 2 aromatic rings. The maximum atomic E-state index is 11.8. The van der Waals surface area contributed by atoms with Crippen LogP contribution in [0.25, 0.3) is 0 Å². The number of amides is 2. The summed E-state index contributed by atoms with van der Waals surface area (Å²) in [6, 6.07) is 11.4. The quantitative estimate of drug-likeness (QED) is 0.867. The molecule has 2 rings (SSSR count). The van der Waals surface area contributed by atoms with Crippen molar-refractivity contribution in [3.63, 3.8) is 0 Å². The molecule has 0 unspecified atom stereocenters. The highest BCUT2D eigenvalue weighted by Crippen LogP contribution is 2.22. The van der Waals surface area contributed by atoms with Crippen LogP contribution in [0.2, 0.25) is 10.0 Å². The number of carbonyl (C=O) groups is 1. The third-order valence-corrected chi connectivity index (χ3v) is 2.90. The highest BCUT2D eigenvalue weighted by molar-refractivity contribution is 6.35. The Kier molecular flexibility index (Phi) is 4.71. The number of ether oxygens (including phenoxy) is 1. The molecule has 104 valence electrons. The SMILES string of the molecule is COc1ccc(NC(=O)Nc2cc(Cl)cc(Cl)c2)cc1. The molecule has 0 aromatic heterocycles. The summed E-state index contributed by atoms with van der Waals surface area (Å²) in [5.74, 6) is 0.720. The number of hydrogen-bond donors (Lipinski definition) is 2. The highest BCUT2D eigenvalue weighted by Gasteiger charge is 2.04. The predicted molar refractivity (Wildman–Crippen MR) is 82.1 cm³/mol. The summed E-state index contributed by atoms with van der Waals surface area (Å²) in [4.78, 5) is 11.8. The van der Waals surface area contributed by atoms with Crippen LogP contribution in [0.3, 0.4) is 0 Å². The molecule has 0 bridgehead atoms. The molecule has 0 heterocycles. The summed E-state index contributed by atoms with van der Waals surface area (Å²) in [6.45, 7) is 0. The van der Waals surface area contributed by atoms with Crippen molar-refractivity contribution in [1.29, 1.82) is 0 Å². The Balaban J connectivity index is 2.01. The molecular weight excluding hydrogens is 299 g/mol. The number of rotatable bonds is 3. The van der Waals surface area contributed by atoms with E-state index >= 15 is 0 Å². The molecule has 0 radical (unpaired) electrons. The Hall–Kier alpha value is -1.91. The van der Waals surface area contributed by atoms with Gasteiger partial charge >= 0.3 is 6.03 Å². The number of urea groups is 1. The number of nitrogens with one attached hydrogen (secondary N) is 2. The van der Waals surface area contributed by atoms with Gasteiger partial charge in [0.1, 0.15) is 5.75 Å². The fraction of sp³-hybridized carbons (Fsp3) is 0.0714. The average Bonchev–Trinajstić information content (AvgIpc) is 2.38. The van der Waals surface area contributed by atoms with Crippen molar-refractivity contribution in [1.82, 2.24) is 0 Å². The van der Waals surface area contributed by atoms with E-state index in [4.69, 9.17) is 27.9 Å². The molecule has 0 atom stereocenters. The normalized spacial score (nSPS) is 9.95. The van der Waals surface area contributed by atoms with Gasteiger partial charge in [-0.15, -0.1) is 0 Å². The van der Waals surface area contributed by atoms with Crippen molar-refractivity contribution in [2.45, 2.75) is 0 Å². The fourth-order valence-corrected chi connectivity index (χ4v) is 2.12. The van der Waals surface area contributed by atoms with E-state index in [0.717, 1.165) is 5.75 Å². The number of anilines is 2. The van der Waals surface area contributed by atoms with Gasteiger partial charge in [0.15, 0.2) is 0 Å². The second kappa shape index (κ2) is 6.50. The van der Waals surface area contributed by atoms with Crippen molar-refractivity contribution < 1.29 is 9.53 Å². The van der Waals surface area contributed by atoms with Gasteiger partial charge in [-0.3, -0.25) is 0 Å². The van der Waals surface area contributed by atoms with Crippen LogP contribution in [0.5, 0.6) is 5.75 Å². The molecule has 20 heavy (non-hydrogen) atoms. The van der Waals surface area contributed by atoms with Crippen molar-refractivity contribution >= 4 is 40.6 Å². The standard InChI is InChI=1S/C14H12Cl2N2O2/c1-20-13-4-2-11(3-5-13)17-14(19)18-12-7-9(15)6-10(16)8-12/h2-8H,1H3,(H2,17,18,19). The fourth-order valence-electron chi connectivity index (χ4n) is 1.59. The Morgan fingerprint density at radius 1 is 0.950 bits per heavy atom. The summed E-state index contributed by atoms with van der Waals surface area (Å²) >= 11 is 11.7. The monoisotopic (exact) mass is 310 g/mol. The van der Waals surface area contributed by atoms with Crippen LogP contribution >= 0.6 is 23.2 Å². The lowest BCUT2D eigenvalue weighted by molar-refractivity contribution is 0.262. The van der Waals surface area contributed by atoms with Crippen LogP contribution in [0.15, 0.2) is 42.5 Å². The summed E-state index contributed by atoms with van der Waals surface area (Å²) in [6.07, 6.45) is 0. The molecule has 6 heteroatoms. The lowest BCUT2D eigenvalue weighted by Crippen LogP contribution is -2.19. The van der Waals surface area contributed by atoms with Crippen LogP contribution in [0, 0.1) is 0 Å². The molecule has 0 fully saturated rings. The van der Waals surface area contributed by atoms with E-state index in [0.29, 0.717) is 21.4 Å². The van der Waals surface area contributed by atoms with E-state index in [1.54, 1.807) is 49.6 Å². The van der Waals surface area contributed by atoms with Gasteiger partial charge in [0.25, 0.3) is 0 Å². The molecule has 0 aliphatic rings. The second-order valence-corrected chi connectivity index (χ2v) is 4.84. The second-order valence-electron chi connectivity index (χ2n) is 3.97. The van der Waals surface area contributed by atoms with Gasteiger partial charge in [-0.25, -0.2) is 4.79 Å². The number of carbonyl (C=O) groups excluding carboxylic acids is 1. The molecule has 2 amide bonds. The zero-order valence-corrected chi connectivity index (χ0v) is 12.1. The molecule has 0 saturated heterocycles. The highest BCUT2D eigenvalue weighted by atomic mass is 35.5. The van der Waals surface area contributed by atoms with Gasteiger partial charge in [-0.1, -0.05) is 23.2 Å². The summed E-state index contributed by atoms with van der Waals surface area (Å²) in [5.41, 5.74) is 1.17. The number of methoxy groups -OCH3 is 1. The van der Waals surface area contributed by atoms with Crippen molar-refractivity contribution in [2.24, 2.45) is 0 Å². The smallest absolute Gasteiger partial charge is 0.323 e. The Morgan fingerprint density at radius 2 is 1.50 bits per heavy atom. The summed E-state index contributed by atoms with van der Waals surface area (Å²) < 4.78 is 5.04. The molecule has 0 aliphatic heterocycles. The van der Waals surface area contributed by atoms with Gasteiger partial charge in [0.05, 0.1) is 7.11 Å². The first-order valence-corrected chi connectivity index (χ1v) is 6.50. The van der Waals surface area contributed by atoms with Crippen molar-refractivity contribution in [2.75, 3.05) is 17.7 Å². The topological polar surface area (TPSA) is 50.4 Å². The van der Waals surface area contributed by atoms with Crippen LogP contribution in [0.1, 0.15) is 0 Å². The Bertz CT molecular complexity index is 595. The van der Waals surface area contributed by atoms with Crippen LogP contribution in [0.4, 0.5) is 16.2 Å². The minimum atomic E-state index is -0.381. The Labute approximate surface area is 126 Å². The zero-order valence-electron chi connectivity index (χ0n) is 10.6. The van der Waals surface area contributed by atoms with E-state index in [1.165, 1.54) is 0 Å². The zero-order chi connectivity index (χ0) is 14.5. The third-order valence-electron chi connectivity index (χ3n) is 2.47. The molecule has 2 N–H and O–H groups in total. The van der Waals surface area contributed by atoms with Gasteiger partial charge in [0.2, 0.25) is 0 Å². The van der Waals surface area contributed by atoms with Crippen LogP contribution in [-0.4, -0.2) is 13.1 Å². The third kappa shape index (κ3) is 4.05. The first kappa shape index (κ1) is 14.5. The molecule has 0 aliphatic carbocycles. The van der Waals surface area contributed by atoms with Gasteiger partial charge in [0, 0.05) is 21.4 Å². The summed E-state index contributed by atoms with van der Waals surface area (Å²) in [7, 11) is 1.58. The molecule has 4 nitrogen and oxygen atoms in total. The van der Waals surface area contributed by atoms with Crippen molar-refractivity contribution in [3.05, 3.63) is 52.5 Å². The van der Waals surface area contributed by atoms with E-state index < -0.39 is 0 Å². The van der Waals surface area contributed by atoms with Crippen LogP contribution in [-0.2, 0) is 0 Å². The number of hydrogen-bond acceptors (Lipinski definition) is 2. The minimum Gasteiger partial charge on any atom is -0.497 e. The van der Waals surface area contributed by atoms with Gasteiger partial charge < -0.3 is 15.4 Å². The largest absolute Gasteiger partial charge is 0.497 e. The van der Waals surface area contributed by atoms with Gasteiger partial charge in [-0.2, -0.15) is 0 Å². The van der Waals surface area contributed by atoms with Crippen molar-refractivity contribution in [3.8, 4) is 5.75 Å². The number of halogens is 2. The predicted octanol–water partition coefficient (Wildman–Crippen LogP) is 4.65. The van der Waals surface area contributed by atoms with E-state index in [-0.39, 0.29) is 6.03 Å². The van der Waals surface area contributed by atoms with Crippen LogP contribution < -0.4 is 15.4 Å². The molecule has 0 saturated carbocycles. The van der Waals surface area contributed by atoms with E-state index in [9.17, 15) is 4.79 Å². The minimum absolute atomic E-state index is 0.381. The Morgan fingerprint density at radius 3 is 2.05 bits per heavy atom. The van der Waals surface area contributed by atoms with Gasteiger partial charge in [-0.05, 0) is 42.5 Å². The maximum Gasteiger partial charge on any atom is 0.323 e. The van der Waals surface area contributed by atoms with E-state index in [2.05, 4.69) is 10.6 Å². The first-order chi connectivity index (χ1) is 9.56. The van der Waals surface area contributed by atoms with E-state index in [1.807, 2.05) is 0 Å². The molecular formula is C14H12Cl2N2O2.